The minimum Gasteiger partial charge on any atom is -0.493 e. The van der Waals surface area contributed by atoms with Gasteiger partial charge < -0.3 is 30.2 Å². The van der Waals surface area contributed by atoms with Gasteiger partial charge in [0.05, 0.1) is 33.1 Å². The lowest BCUT2D eigenvalue weighted by Gasteiger charge is -2.20. The molecule has 0 aromatic heterocycles. The zero-order valence-corrected chi connectivity index (χ0v) is 20.2. The third-order valence-electron chi connectivity index (χ3n) is 6.14. The number of aryl methyl sites for hydroxylation is 1. The van der Waals surface area contributed by atoms with Gasteiger partial charge in [0.1, 0.15) is 0 Å². The number of rotatable bonds is 6. The summed E-state index contributed by atoms with van der Waals surface area (Å²) >= 11 is 0. The lowest BCUT2D eigenvalue weighted by atomic mass is 9.95. The highest BCUT2D eigenvalue weighted by Crippen LogP contribution is 2.50. The Bertz CT molecular complexity index is 1290. The summed E-state index contributed by atoms with van der Waals surface area (Å²) < 4.78 is 17.0. The van der Waals surface area contributed by atoms with E-state index in [2.05, 4.69) is 16.0 Å². The number of para-hydroxylation sites is 1. The predicted octanol–water partition coefficient (Wildman–Crippen LogP) is 4.59. The quantitative estimate of drug-likeness (QED) is 0.482. The summed E-state index contributed by atoms with van der Waals surface area (Å²) in [5.74, 6) is 1.54. The average Bonchev–Trinajstić information content (AvgIpc) is 3.11. The zero-order chi connectivity index (χ0) is 24.9. The predicted molar refractivity (Wildman–Crippen MR) is 137 cm³/mol. The van der Waals surface area contributed by atoms with Gasteiger partial charge in [-0.25, -0.2) is 4.79 Å². The Kier molecular flexibility index (Phi) is 7.10. The molecular weight excluding hydrogens is 446 g/mol. The molecule has 3 aromatic carbocycles. The standard InChI is InChI=1S/C27H29N3O5/c1-28-21-13-11-18-19(15-22(21)31)20(30-27(32)29-17-8-6-5-7-9-17)12-10-16-14-23(33-2)25(34-3)26(35-4)24(16)18/h5-9,11,13-15,20H,10,12H2,1-4H3,(H,28,31)(H2,29,30,32)/t20-/m0/s1. The third-order valence-corrected chi connectivity index (χ3v) is 6.14. The van der Waals surface area contributed by atoms with Crippen LogP contribution in [0, 0.1) is 0 Å². The minimum absolute atomic E-state index is 0.174. The van der Waals surface area contributed by atoms with Crippen LogP contribution in [0.4, 0.5) is 16.2 Å². The molecule has 1 atom stereocenters. The molecule has 0 spiro atoms. The molecule has 3 aromatic rings. The highest BCUT2D eigenvalue weighted by molar-refractivity contribution is 5.90. The van der Waals surface area contributed by atoms with Crippen molar-refractivity contribution in [3.05, 3.63) is 75.9 Å². The molecule has 1 aliphatic carbocycles. The fraction of sp³-hybridized carbons (Fsp3) is 0.259. The summed E-state index contributed by atoms with van der Waals surface area (Å²) in [5.41, 5.74) is 4.21. The molecule has 1 aliphatic rings. The van der Waals surface area contributed by atoms with Gasteiger partial charge in [0.2, 0.25) is 11.2 Å². The zero-order valence-electron chi connectivity index (χ0n) is 20.2. The van der Waals surface area contributed by atoms with E-state index in [4.69, 9.17) is 14.2 Å². The van der Waals surface area contributed by atoms with Crippen LogP contribution in [0.3, 0.4) is 0 Å². The van der Waals surface area contributed by atoms with Crippen LogP contribution in [0.25, 0.3) is 11.1 Å². The SMILES string of the molecule is CNc1ccc2c(cc1=O)[C@@H](NC(=O)Nc1ccccc1)CCc1cc(OC)c(OC)c(OC)c1-2. The lowest BCUT2D eigenvalue weighted by molar-refractivity contribution is 0.248. The van der Waals surface area contributed by atoms with Crippen molar-refractivity contribution >= 4 is 17.4 Å². The van der Waals surface area contributed by atoms with Crippen LogP contribution in [0.2, 0.25) is 0 Å². The van der Waals surface area contributed by atoms with Crippen LogP contribution in [0.1, 0.15) is 23.6 Å². The first kappa shape index (κ1) is 23.9. The summed E-state index contributed by atoms with van der Waals surface area (Å²) in [6.45, 7) is 0. The number of fused-ring (bicyclic) bond motifs is 3. The number of carbonyl (C=O) groups excluding carboxylic acids is 1. The Balaban J connectivity index is 1.87. The fourth-order valence-corrected chi connectivity index (χ4v) is 4.52. The minimum atomic E-state index is -0.424. The Labute approximate surface area is 204 Å². The summed E-state index contributed by atoms with van der Waals surface area (Å²) in [5, 5.41) is 8.87. The summed E-state index contributed by atoms with van der Waals surface area (Å²) in [6, 6.07) is 15.6. The van der Waals surface area contributed by atoms with Crippen LogP contribution >= 0.6 is 0 Å². The Hall–Kier alpha value is -4.20. The van der Waals surface area contributed by atoms with Crippen molar-refractivity contribution in [2.24, 2.45) is 0 Å². The monoisotopic (exact) mass is 475 g/mol. The van der Waals surface area contributed by atoms with E-state index in [0.717, 1.165) is 16.7 Å². The van der Waals surface area contributed by atoms with Gasteiger partial charge in [0, 0.05) is 18.3 Å². The summed E-state index contributed by atoms with van der Waals surface area (Å²) in [7, 11) is 6.41. The largest absolute Gasteiger partial charge is 0.493 e. The van der Waals surface area contributed by atoms with Gasteiger partial charge in [-0.1, -0.05) is 24.3 Å². The average molecular weight is 476 g/mol. The number of urea groups is 1. The van der Waals surface area contributed by atoms with Crippen molar-refractivity contribution in [2.45, 2.75) is 18.9 Å². The molecular formula is C27H29N3O5. The first-order valence-electron chi connectivity index (χ1n) is 11.3. The molecule has 0 heterocycles. The molecule has 4 rings (SSSR count). The fourth-order valence-electron chi connectivity index (χ4n) is 4.52. The van der Waals surface area contributed by atoms with Crippen molar-refractivity contribution in [2.75, 3.05) is 39.0 Å². The molecule has 0 aliphatic heterocycles. The number of hydrogen-bond acceptors (Lipinski definition) is 6. The first-order valence-corrected chi connectivity index (χ1v) is 11.3. The number of methoxy groups -OCH3 is 3. The molecule has 0 bridgehead atoms. The van der Waals surface area contributed by atoms with E-state index in [-0.39, 0.29) is 11.5 Å². The summed E-state index contributed by atoms with van der Waals surface area (Å²) in [6.07, 6.45) is 1.19. The molecule has 0 radical (unpaired) electrons. The molecule has 0 fully saturated rings. The maximum absolute atomic E-state index is 13.0. The molecule has 0 saturated heterocycles. The van der Waals surface area contributed by atoms with E-state index in [0.29, 0.717) is 47.0 Å². The molecule has 182 valence electrons. The lowest BCUT2D eigenvalue weighted by Crippen LogP contribution is -2.33. The number of carbonyl (C=O) groups is 1. The number of amides is 2. The van der Waals surface area contributed by atoms with Crippen molar-refractivity contribution in [1.29, 1.82) is 0 Å². The maximum atomic E-state index is 13.0. The second-order valence-electron chi connectivity index (χ2n) is 8.11. The Morgan fingerprint density at radius 3 is 2.34 bits per heavy atom. The van der Waals surface area contributed by atoms with Gasteiger partial charge >= 0.3 is 6.03 Å². The number of anilines is 2. The van der Waals surface area contributed by atoms with Gasteiger partial charge in [-0.2, -0.15) is 0 Å². The molecule has 8 nitrogen and oxygen atoms in total. The normalized spacial score (nSPS) is 14.0. The summed E-state index contributed by atoms with van der Waals surface area (Å²) in [4.78, 5) is 25.9. The number of nitrogens with one attached hydrogen (secondary N) is 3. The third kappa shape index (κ3) is 4.73. The number of ether oxygens (including phenoxy) is 3. The second kappa shape index (κ2) is 10.4. The highest BCUT2D eigenvalue weighted by atomic mass is 16.5. The van der Waals surface area contributed by atoms with Crippen LogP contribution in [-0.2, 0) is 6.42 Å². The molecule has 35 heavy (non-hydrogen) atoms. The van der Waals surface area contributed by atoms with E-state index < -0.39 is 6.04 Å². The van der Waals surface area contributed by atoms with Crippen LogP contribution in [-0.4, -0.2) is 34.4 Å². The van der Waals surface area contributed by atoms with Gasteiger partial charge in [-0.05, 0) is 59.9 Å². The van der Waals surface area contributed by atoms with E-state index in [1.165, 1.54) is 0 Å². The van der Waals surface area contributed by atoms with Crippen molar-refractivity contribution in [3.63, 3.8) is 0 Å². The molecule has 0 saturated carbocycles. The van der Waals surface area contributed by atoms with E-state index in [9.17, 15) is 9.59 Å². The van der Waals surface area contributed by atoms with Crippen molar-refractivity contribution < 1.29 is 19.0 Å². The number of benzene rings is 2. The van der Waals surface area contributed by atoms with Gasteiger partial charge in [0.15, 0.2) is 11.5 Å². The molecule has 3 N–H and O–H groups in total. The number of hydrogen-bond donors (Lipinski definition) is 3. The van der Waals surface area contributed by atoms with E-state index in [1.54, 1.807) is 40.5 Å². The Morgan fingerprint density at radius 2 is 1.69 bits per heavy atom. The second-order valence-corrected chi connectivity index (χ2v) is 8.11. The van der Waals surface area contributed by atoms with Crippen molar-refractivity contribution in [3.8, 4) is 28.4 Å². The first-order chi connectivity index (χ1) is 17.0. The van der Waals surface area contributed by atoms with Gasteiger partial charge in [-0.3, -0.25) is 4.79 Å². The molecule has 8 heteroatoms. The van der Waals surface area contributed by atoms with Crippen LogP contribution in [0.15, 0.2) is 59.4 Å². The smallest absolute Gasteiger partial charge is 0.319 e. The van der Waals surface area contributed by atoms with Crippen molar-refractivity contribution in [1.82, 2.24) is 5.32 Å². The molecule has 0 unspecified atom stereocenters. The van der Waals surface area contributed by atoms with E-state index in [1.807, 2.05) is 42.5 Å². The maximum Gasteiger partial charge on any atom is 0.319 e. The highest BCUT2D eigenvalue weighted by Gasteiger charge is 2.29. The van der Waals surface area contributed by atoms with Gasteiger partial charge in [-0.15, -0.1) is 0 Å². The van der Waals surface area contributed by atoms with E-state index >= 15 is 0 Å². The molecule has 2 amide bonds. The topological polar surface area (TPSA) is 97.9 Å². The van der Waals surface area contributed by atoms with Crippen LogP contribution < -0.4 is 35.6 Å². The van der Waals surface area contributed by atoms with Crippen LogP contribution in [0.5, 0.6) is 17.2 Å². The van der Waals surface area contributed by atoms with Gasteiger partial charge in [0.25, 0.3) is 0 Å². The Morgan fingerprint density at radius 1 is 0.943 bits per heavy atom.